The zero-order chi connectivity index (χ0) is 13.8. The Balaban J connectivity index is 2.48. The summed E-state index contributed by atoms with van der Waals surface area (Å²) in [7, 11) is 0. The van der Waals surface area contributed by atoms with E-state index in [9.17, 15) is 9.59 Å². The Morgan fingerprint density at radius 1 is 1.28 bits per heavy atom. The first kappa shape index (κ1) is 15.1. The number of carboxylic acid groups (broad SMARTS) is 1. The van der Waals surface area contributed by atoms with Crippen molar-refractivity contribution in [2.24, 2.45) is 5.41 Å². The second kappa shape index (κ2) is 6.31. The third kappa shape index (κ3) is 4.76. The van der Waals surface area contributed by atoms with Crippen LogP contribution in [0.1, 0.15) is 33.6 Å². The van der Waals surface area contributed by atoms with E-state index >= 15 is 0 Å². The maximum Gasteiger partial charge on any atom is 0.326 e. The molecule has 0 bridgehead atoms. The Morgan fingerprint density at radius 3 is 2.28 bits per heavy atom. The highest BCUT2D eigenvalue weighted by Crippen LogP contribution is 2.20. The van der Waals surface area contributed by atoms with Crippen LogP contribution >= 0.6 is 11.8 Å². The Morgan fingerprint density at radius 2 is 1.83 bits per heavy atom. The van der Waals surface area contributed by atoms with Gasteiger partial charge in [-0.3, -0.25) is 0 Å². The minimum atomic E-state index is -1.00. The van der Waals surface area contributed by atoms with Crippen molar-refractivity contribution in [2.45, 2.75) is 45.7 Å². The van der Waals surface area contributed by atoms with Crippen LogP contribution in [0.15, 0.2) is 0 Å². The lowest BCUT2D eigenvalue weighted by Crippen LogP contribution is -2.54. The van der Waals surface area contributed by atoms with Crippen molar-refractivity contribution < 1.29 is 14.7 Å². The number of rotatable bonds is 3. The molecule has 0 saturated carbocycles. The van der Waals surface area contributed by atoms with Crippen LogP contribution in [0.25, 0.3) is 0 Å². The summed E-state index contributed by atoms with van der Waals surface area (Å²) < 4.78 is 0. The lowest BCUT2D eigenvalue weighted by atomic mass is 9.87. The molecule has 1 fully saturated rings. The predicted octanol–water partition coefficient (Wildman–Crippen LogP) is 1.68. The van der Waals surface area contributed by atoms with Gasteiger partial charge in [-0.05, 0) is 29.8 Å². The maximum atomic E-state index is 11.8. The van der Waals surface area contributed by atoms with Crippen LogP contribution in [-0.2, 0) is 4.79 Å². The van der Waals surface area contributed by atoms with Gasteiger partial charge in [0.05, 0.1) is 0 Å². The topological polar surface area (TPSA) is 78.4 Å². The highest BCUT2D eigenvalue weighted by atomic mass is 32.2. The van der Waals surface area contributed by atoms with E-state index < -0.39 is 17.4 Å². The first-order chi connectivity index (χ1) is 8.30. The molecule has 1 atom stereocenters. The van der Waals surface area contributed by atoms with E-state index in [4.69, 9.17) is 5.11 Å². The number of carbonyl (C=O) groups is 2. The number of carboxylic acids is 1. The molecular formula is C12H22N2O3S. The van der Waals surface area contributed by atoms with Gasteiger partial charge in [-0.15, -0.1) is 0 Å². The molecule has 1 heterocycles. The predicted molar refractivity (Wildman–Crippen MR) is 72.9 cm³/mol. The summed E-state index contributed by atoms with van der Waals surface area (Å²) in [6.45, 7) is 5.38. The highest BCUT2D eigenvalue weighted by Gasteiger charge is 2.33. The van der Waals surface area contributed by atoms with Crippen molar-refractivity contribution in [1.82, 2.24) is 10.6 Å². The van der Waals surface area contributed by atoms with Gasteiger partial charge in [0.2, 0.25) is 0 Å². The molecule has 0 aromatic rings. The van der Waals surface area contributed by atoms with Crippen LogP contribution in [0, 0.1) is 5.41 Å². The molecule has 18 heavy (non-hydrogen) atoms. The van der Waals surface area contributed by atoms with Crippen molar-refractivity contribution in [2.75, 3.05) is 11.5 Å². The molecule has 1 aliphatic rings. The third-order valence-electron chi connectivity index (χ3n) is 2.94. The molecule has 0 unspecified atom stereocenters. The molecule has 3 N–H and O–H groups in total. The smallest absolute Gasteiger partial charge is 0.326 e. The van der Waals surface area contributed by atoms with Gasteiger partial charge in [0.25, 0.3) is 0 Å². The molecule has 1 rings (SSSR count). The normalized spacial score (nSPS) is 19.1. The quantitative estimate of drug-likeness (QED) is 0.731. The van der Waals surface area contributed by atoms with Gasteiger partial charge in [0, 0.05) is 6.04 Å². The van der Waals surface area contributed by atoms with Crippen molar-refractivity contribution in [3.63, 3.8) is 0 Å². The fraction of sp³-hybridized carbons (Fsp3) is 0.833. The van der Waals surface area contributed by atoms with Gasteiger partial charge >= 0.3 is 12.0 Å². The summed E-state index contributed by atoms with van der Waals surface area (Å²) in [4.78, 5) is 22.9. The van der Waals surface area contributed by atoms with Crippen molar-refractivity contribution >= 4 is 23.8 Å². The van der Waals surface area contributed by atoms with Crippen LogP contribution in [0.5, 0.6) is 0 Å². The molecule has 0 spiro atoms. The van der Waals surface area contributed by atoms with Crippen molar-refractivity contribution in [3.8, 4) is 0 Å². The Bertz CT molecular complexity index is 309. The lowest BCUT2D eigenvalue weighted by Gasteiger charge is -2.29. The second-order valence-corrected chi connectivity index (χ2v) is 6.87. The molecule has 1 aliphatic heterocycles. The number of amides is 2. The summed E-state index contributed by atoms with van der Waals surface area (Å²) in [5, 5.41) is 14.5. The first-order valence-corrected chi connectivity index (χ1v) is 7.34. The van der Waals surface area contributed by atoms with E-state index in [2.05, 4.69) is 10.6 Å². The molecule has 0 radical (unpaired) electrons. The Kier molecular flexibility index (Phi) is 5.31. The van der Waals surface area contributed by atoms with Crippen LogP contribution in [0.3, 0.4) is 0 Å². The van der Waals surface area contributed by atoms with E-state index in [1.54, 1.807) is 20.8 Å². The molecule has 0 aromatic heterocycles. The van der Waals surface area contributed by atoms with Crippen molar-refractivity contribution in [1.29, 1.82) is 0 Å². The first-order valence-electron chi connectivity index (χ1n) is 6.18. The van der Waals surface area contributed by atoms with Gasteiger partial charge in [-0.1, -0.05) is 20.8 Å². The van der Waals surface area contributed by atoms with E-state index in [1.807, 2.05) is 11.8 Å². The Hall–Kier alpha value is -0.910. The van der Waals surface area contributed by atoms with Crippen LogP contribution in [0.4, 0.5) is 4.79 Å². The van der Waals surface area contributed by atoms with E-state index in [0.29, 0.717) is 0 Å². The minimum Gasteiger partial charge on any atom is -0.480 e. The highest BCUT2D eigenvalue weighted by molar-refractivity contribution is 7.99. The summed E-state index contributed by atoms with van der Waals surface area (Å²) in [6.07, 6.45) is 1.90. The molecule has 2 amide bonds. The fourth-order valence-corrected chi connectivity index (χ4v) is 2.96. The molecule has 5 nitrogen and oxygen atoms in total. The van der Waals surface area contributed by atoms with Gasteiger partial charge in [-0.25, -0.2) is 9.59 Å². The summed E-state index contributed by atoms with van der Waals surface area (Å²) in [5.74, 6) is 1.09. The zero-order valence-electron chi connectivity index (χ0n) is 11.2. The number of hydrogen-bond donors (Lipinski definition) is 3. The van der Waals surface area contributed by atoms with Crippen LogP contribution in [-0.4, -0.2) is 40.7 Å². The van der Waals surface area contributed by atoms with Crippen LogP contribution in [0.2, 0.25) is 0 Å². The standard InChI is InChI=1S/C12H22N2O3S/c1-12(2,3)9(10(15)16)14-11(17)13-8-4-6-18-7-5-8/h8-9H,4-7H2,1-3H3,(H,15,16)(H2,13,14,17)/t9-/m0/s1. The lowest BCUT2D eigenvalue weighted by molar-refractivity contribution is -0.141. The molecule has 104 valence electrons. The average Bonchev–Trinajstić information content (AvgIpc) is 2.25. The minimum absolute atomic E-state index is 0.167. The van der Waals surface area contributed by atoms with E-state index in [0.717, 1.165) is 24.3 Å². The largest absolute Gasteiger partial charge is 0.480 e. The van der Waals surface area contributed by atoms with Gasteiger partial charge in [0.1, 0.15) is 6.04 Å². The van der Waals surface area contributed by atoms with Gasteiger partial charge in [0.15, 0.2) is 0 Å². The van der Waals surface area contributed by atoms with E-state index in [1.165, 1.54) is 0 Å². The second-order valence-electron chi connectivity index (χ2n) is 5.64. The molecule has 0 aliphatic carbocycles. The monoisotopic (exact) mass is 274 g/mol. The molecule has 6 heteroatoms. The zero-order valence-corrected chi connectivity index (χ0v) is 12.0. The maximum absolute atomic E-state index is 11.8. The summed E-state index contributed by atoms with van der Waals surface area (Å²) in [6, 6.07) is -1.09. The number of hydrogen-bond acceptors (Lipinski definition) is 3. The van der Waals surface area contributed by atoms with Crippen LogP contribution < -0.4 is 10.6 Å². The SMILES string of the molecule is CC(C)(C)[C@@H](NC(=O)NC1CCSCC1)C(=O)O. The molecular weight excluding hydrogens is 252 g/mol. The van der Waals surface area contributed by atoms with E-state index in [-0.39, 0.29) is 12.1 Å². The summed E-state index contributed by atoms with van der Waals surface area (Å²) in [5.41, 5.74) is -0.508. The average molecular weight is 274 g/mol. The number of carbonyl (C=O) groups excluding carboxylic acids is 1. The number of thioether (sulfide) groups is 1. The third-order valence-corrected chi connectivity index (χ3v) is 3.99. The number of aliphatic carboxylic acids is 1. The number of urea groups is 1. The molecule has 0 aromatic carbocycles. The van der Waals surface area contributed by atoms with Gasteiger partial charge < -0.3 is 15.7 Å². The number of nitrogens with one attached hydrogen (secondary N) is 2. The van der Waals surface area contributed by atoms with Gasteiger partial charge in [-0.2, -0.15) is 11.8 Å². The fourth-order valence-electron chi connectivity index (χ4n) is 1.85. The van der Waals surface area contributed by atoms with Crippen molar-refractivity contribution in [3.05, 3.63) is 0 Å². The molecule has 1 saturated heterocycles. The Labute approximate surface area is 112 Å². The summed E-state index contributed by atoms with van der Waals surface area (Å²) >= 11 is 1.88.